The van der Waals surface area contributed by atoms with Gasteiger partial charge < -0.3 is 4.90 Å². The molecule has 0 aromatic heterocycles. The predicted octanol–water partition coefficient (Wildman–Crippen LogP) is 0.387. The standard InChI is InChI=1S/C16H20FN3O3/c1-4-18(9-12-6-5-7-13(17)8-12)10-19-14(21)15(22)20(11(2)3)16(19)23/h5-8,11H,4,9-10H2,1-3H3/p+1. The average Bonchev–Trinajstić information content (AvgIpc) is 2.70. The Morgan fingerprint density at radius 1 is 1.17 bits per heavy atom. The second-order valence-corrected chi connectivity index (χ2v) is 5.85. The van der Waals surface area contributed by atoms with Crippen LogP contribution in [0.2, 0.25) is 0 Å². The van der Waals surface area contributed by atoms with Gasteiger partial charge in [-0.2, -0.15) is 0 Å². The molecule has 1 fully saturated rings. The van der Waals surface area contributed by atoms with Crippen molar-refractivity contribution in [2.24, 2.45) is 0 Å². The number of halogens is 1. The number of imide groups is 2. The van der Waals surface area contributed by atoms with Crippen LogP contribution in [0.25, 0.3) is 0 Å². The number of rotatable bonds is 6. The molecule has 1 atom stereocenters. The molecular weight excluding hydrogens is 301 g/mol. The lowest BCUT2D eigenvalue weighted by Gasteiger charge is -2.23. The molecule has 1 saturated heterocycles. The number of amides is 4. The average molecular weight is 322 g/mol. The second-order valence-electron chi connectivity index (χ2n) is 5.85. The van der Waals surface area contributed by atoms with E-state index in [1.165, 1.54) is 12.1 Å². The largest absolute Gasteiger partial charge is 0.338 e. The summed E-state index contributed by atoms with van der Waals surface area (Å²) in [5, 5.41) is 0. The summed E-state index contributed by atoms with van der Waals surface area (Å²) in [6.45, 7) is 6.44. The highest BCUT2D eigenvalue weighted by atomic mass is 19.1. The van der Waals surface area contributed by atoms with E-state index in [0.717, 1.165) is 20.3 Å². The molecule has 1 N–H and O–H groups in total. The smallest absolute Gasteiger partial charge is 0.314 e. The maximum atomic E-state index is 13.3. The van der Waals surface area contributed by atoms with Crippen LogP contribution in [0.1, 0.15) is 26.3 Å². The van der Waals surface area contributed by atoms with Crippen LogP contribution in [0.15, 0.2) is 24.3 Å². The van der Waals surface area contributed by atoms with Crippen molar-refractivity contribution in [2.75, 3.05) is 13.2 Å². The Morgan fingerprint density at radius 3 is 2.39 bits per heavy atom. The summed E-state index contributed by atoms with van der Waals surface area (Å²) in [5.74, 6) is -1.91. The molecule has 124 valence electrons. The van der Waals surface area contributed by atoms with Crippen LogP contribution in [-0.2, 0) is 16.1 Å². The monoisotopic (exact) mass is 322 g/mol. The zero-order chi connectivity index (χ0) is 17.1. The lowest BCUT2D eigenvalue weighted by molar-refractivity contribution is -0.919. The minimum absolute atomic E-state index is 0.0830. The third-order valence-corrected chi connectivity index (χ3v) is 3.83. The SMILES string of the molecule is CC[NH+](Cc1cccc(F)c1)CN1C(=O)C(=O)N(C(C)C)C1=O. The zero-order valence-electron chi connectivity index (χ0n) is 13.5. The molecular formula is C16H21FN3O3+. The number of carbonyl (C=O) groups excluding carboxylic acids is 3. The van der Waals surface area contributed by atoms with Gasteiger partial charge >= 0.3 is 17.8 Å². The van der Waals surface area contributed by atoms with Crippen molar-refractivity contribution in [1.29, 1.82) is 0 Å². The normalized spacial score (nSPS) is 16.7. The summed E-state index contributed by atoms with van der Waals surface area (Å²) in [5.41, 5.74) is 0.771. The van der Waals surface area contributed by atoms with Crippen LogP contribution in [0.4, 0.5) is 9.18 Å². The van der Waals surface area contributed by atoms with Crippen LogP contribution >= 0.6 is 0 Å². The van der Waals surface area contributed by atoms with E-state index in [9.17, 15) is 18.8 Å². The van der Waals surface area contributed by atoms with E-state index >= 15 is 0 Å². The highest BCUT2D eigenvalue weighted by molar-refractivity contribution is 6.44. The lowest BCUT2D eigenvalue weighted by atomic mass is 10.2. The maximum Gasteiger partial charge on any atom is 0.338 e. The molecule has 1 aromatic rings. The van der Waals surface area contributed by atoms with Crippen molar-refractivity contribution in [1.82, 2.24) is 9.80 Å². The number of urea groups is 1. The quantitative estimate of drug-likeness (QED) is 0.609. The van der Waals surface area contributed by atoms with Gasteiger partial charge in [-0.05, 0) is 32.9 Å². The van der Waals surface area contributed by atoms with Gasteiger partial charge in [0.2, 0.25) is 0 Å². The van der Waals surface area contributed by atoms with Gasteiger partial charge in [0.1, 0.15) is 12.4 Å². The van der Waals surface area contributed by atoms with E-state index in [2.05, 4.69) is 0 Å². The molecule has 1 aliphatic rings. The Morgan fingerprint density at radius 2 is 1.87 bits per heavy atom. The first-order chi connectivity index (χ1) is 10.8. The third-order valence-electron chi connectivity index (χ3n) is 3.83. The summed E-state index contributed by atoms with van der Waals surface area (Å²) in [7, 11) is 0. The first kappa shape index (κ1) is 17.1. The molecule has 6 nitrogen and oxygen atoms in total. The Hall–Kier alpha value is -2.28. The minimum Gasteiger partial charge on any atom is -0.314 e. The van der Waals surface area contributed by atoms with Gasteiger partial charge in [0.15, 0.2) is 6.67 Å². The second kappa shape index (κ2) is 6.87. The molecule has 1 heterocycles. The summed E-state index contributed by atoms with van der Waals surface area (Å²) in [6.07, 6.45) is 0. The number of hydrogen-bond donors (Lipinski definition) is 1. The van der Waals surface area contributed by atoms with Gasteiger partial charge in [-0.15, -0.1) is 0 Å². The lowest BCUT2D eigenvalue weighted by Crippen LogP contribution is -3.12. The van der Waals surface area contributed by atoms with Gasteiger partial charge in [0.25, 0.3) is 0 Å². The van der Waals surface area contributed by atoms with E-state index in [0.29, 0.717) is 13.1 Å². The number of nitrogens with one attached hydrogen (secondary N) is 1. The first-order valence-corrected chi connectivity index (χ1v) is 7.62. The van der Waals surface area contributed by atoms with Crippen LogP contribution < -0.4 is 4.90 Å². The molecule has 1 unspecified atom stereocenters. The Labute approximate surface area is 134 Å². The van der Waals surface area contributed by atoms with Crippen molar-refractivity contribution in [3.63, 3.8) is 0 Å². The summed E-state index contributed by atoms with van der Waals surface area (Å²) >= 11 is 0. The highest BCUT2D eigenvalue weighted by Crippen LogP contribution is 2.13. The zero-order valence-corrected chi connectivity index (χ0v) is 13.5. The molecule has 0 saturated carbocycles. The van der Waals surface area contributed by atoms with Crippen molar-refractivity contribution in [3.8, 4) is 0 Å². The topological polar surface area (TPSA) is 62.1 Å². The molecule has 0 radical (unpaired) electrons. The van der Waals surface area contributed by atoms with Crippen LogP contribution in [0.3, 0.4) is 0 Å². The Kier molecular flexibility index (Phi) is 5.10. The van der Waals surface area contributed by atoms with E-state index in [1.807, 2.05) is 6.92 Å². The number of carbonyl (C=O) groups is 3. The fourth-order valence-electron chi connectivity index (χ4n) is 2.57. The Bertz CT molecular complexity index is 633. The fraction of sp³-hybridized carbons (Fsp3) is 0.438. The number of quaternary nitrogens is 1. The van der Waals surface area contributed by atoms with Crippen LogP contribution in [-0.4, -0.2) is 46.9 Å². The van der Waals surface area contributed by atoms with Crippen molar-refractivity contribution in [2.45, 2.75) is 33.4 Å². The number of hydrogen-bond acceptors (Lipinski definition) is 3. The molecule has 4 amide bonds. The van der Waals surface area contributed by atoms with Gasteiger partial charge in [-0.25, -0.2) is 14.1 Å². The van der Waals surface area contributed by atoms with Gasteiger partial charge in [-0.1, -0.05) is 12.1 Å². The summed E-state index contributed by atoms with van der Waals surface area (Å²) < 4.78 is 13.3. The van der Waals surface area contributed by atoms with Crippen molar-refractivity contribution in [3.05, 3.63) is 35.6 Å². The highest BCUT2D eigenvalue weighted by Gasteiger charge is 2.47. The molecule has 0 bridgehead atoms. The molecule has 0 spiro atoms. The van der Waals surface area contributed by atoms with Crippen LogP contribution in [0.5, 0.6) is 0 Å². The van der Waals surface area contributed by atoms with Gasteiger partial charge in [0.05, 0.1) is 6.54 Å². The van der Waals surface area contributed by atoms with Crippen molar-refractivity contribution >= 4 is 17.8 Å². The Balaban J connectivity index is 2.11. The maximum absolute atomic E-state index is 13.3. The molecule has 1 aliphatic heterocycles. The van der Waals surface area contributed by atoms with E-state index < -0.39 is 17.8 Å². The molecule has 23 heavy (non-hydrogen) atoms. The molecule has 0 aliphatic carbocycles. The van der Waals surface area contributed by atoms with E-state index in [1.54, 1.807) is 26.0 Å². The predicted molar refractivity (Wildman–Crippen MR) is 80.7 cm³/mol. The summed E-state index contributed by atoms with van der Waals surface area (Å²) in [4.78, 5) is 39.0. The first-order valence-electron chi connectivity index (χ1n) is 7.62. The van der Waals surface area contributed by atoms with E-state index in [-0.39, 0.29) is 18.5 Å². The molecule has 1 aromatic carbocycles. The minimum atomic E-state index is -0.797. The molecule has 7 heteroatoms. The van der Waals surface area contributed by atoms with Crippen LogP contribution in [0, 0.1) is 5.82 Å². The molecule has 2 rings (SSSR count). The van der Waals surface area contributed by atoms with E-state index in [4.69, 9.17) is 0 Å². The van der Waals surface area contributed by atoms with Gasteiger partial charge in [0, 0.05) is 11.6 Å². The summed E-state index contributed by atoms with van der Waals surface area (Å²) in [6, 6.07) is 5.25. The number of nitrogens with zero attached hydrogens (tertiary/aromatic N) is 2. The number of benzene rings is 1. The van der Waals surface area contributed by atoms with Gasteiger partial charge in [-0.3, -0.25) is 14.5 Å². The van der Waals surface area contributed by atoms with Crippen molar-refractivity contribution < 1.29 is 23.7 Å². The third kappa shape index (κ3) is 3.56. The fourth-order valence-corrected chi connectivity index (χ4v) is 2.57.